The average molecular weight is 264 g/mol. The topological polar surface area (TPSA) is 34.1 Å². The number of hydrogen-bond donors (Lipinski definition) is 1. The lowest BCUT2D eigenvalue weighted by Gasteiger charge is -2.21. The number of aryl methyl sites for hydroxylation is 2. The summed E-state index contributed by atoms with van der Waals surface area (Å²) >= 11 is 0. The van der Waals surface area contributed by atoms with Gasteiger partial charge >= 0.3 is 0 Å². The second-order valence-corrected chi connectivity index (χ2v) is 5.10. The maximum atomic E-state index is 6.01. The molecular formula is C16H28N2O. The molecule has 3 nitrogen and oxygen atoms in total. The van der Waals surface area contributed by atoms with Crippen molar-refractivity contribution in [3.63, 3.8) is 0 Å². The van der Waals surface area contributed by atoms with E-state index in [9.17, 15) is 0 Å². The molecule has 1 heterocycles. The molecule has 0 aliphatic heterocycles. The first-order valence-corrected chi connectivity index (χ1v) is 7.47. The predicted octanol–water partition coefficient (Wildman–Crippen LogP) is 3.50. The van der Waals surface area contributed by atoms with E-state index < -0.39 is 0 Å². The second-order valence-electron chi connectivity index (χ2n) is 5.10. The molecule has 0 saturated carbocycles. The summed E-state index contributed by atoms with van der Waals surface area (Å²) in [5.74, 6) is 0.923. The van der Waals surface area contributed by atoms with Crippen LogP contribution in [0.25, 0.3) is 0 Å². The van der Waals surface area contributed by atoms with Gasteiger partial charge in [-0.15, -0.1) is 0 Å². The Bertz CT molecular complexity index is 375. The third kappa shape index (κ3) is 5.19. The number of aromatic nitrogens is 1. The highest BCUT2D eigenvalue weighted by molar-refractivity contribution is 5.29. The van der Waals surface area contributed by atoms with E-state index in [1.807, 2.05) is 19.1 Å². The van der Waals surface area contributed by atoms with Crippen molar-refractivity contribution >= 4 is 0 Å². The van der Waals surface area contributed by atoms with E-state index in [1.54, 1.807) is 0 Å². The summed E-state index contributed by atoms with van der Waals surface area (Å²) in [4.78, 5) is 4.53. The van der Waals surface area contributed by atoms with Crippen LogP contribution in [0.2, 0.25) is 0 Å². The molecule has 0 aliphatic rings. The molecule has 3 heteroatoms. The molecule has 0 spiro atoms. The Kier molecular flexibility index (Phi) is 6.85. The molecule has 0 radical (unpaired) electrons. The molecule has 1 unspecified atom stereocenters. The molecule has 19 heavy (non-hydrogen) atoms. The van der Waals surface area contributed by atoms with Crippen LogP contribution in [0, 0.1) is 6.92 Å². The normalized spacial score (nSPS) is 12.7. The highest BCUT2D eigenvalue weighted by Gasteiger charge is 2.10. The Hall–Kier alpha value is -1.09. The fraction of sp³-hybridized carbons (Fsp3) is 0.688. The van der Waals surface area contributed by atoms with Crippen LogP contribution in [0.15, 0.2) is 12.1 Å². The van der Waals surface area contributed by atoms with Gasteiger partial charge < -0.3 is 10.1 Å². The van der Waals surface area contributed by atoms with Gasteiger partial charge in [-0.3, -0.25) is 4.98 Å². The van der Waals surface area contributed by atoms with Crippen molar-refractivity contribution in [3.05, 3.63) is 23.5 Å². The Morgan fingerprint density at radius 3 is 2.47 bits per heavy atom. The number of ether oxygens (including phenoxy) is 1. The first kappa shape index (κ1) is 16.0. The van der Waals surface area contributed by atoms with Crippen LogP contribution in [0.5, 0.6) is 5.75 Å². The number of pyridine rings is 1. The number of rotatable bonds is 8. The van der Waals surface area contributed by atoms with Gasteiger partial charge in [0.15, 0.2) is 0 Å². The van der Waals surface area contributed by atoms with Gasteiger partial charge in [-0.05, 0) is 45.2 Å². The smallest absolute Gasteiger partial charge is 0.141 e. The maximum absolute atomic E-state index is 6.01. The Morgan fingerprint density at radius 2 is 1.89 bits per heavy atom. The fourth-order valence-electron chi connectivity index (χ4n) is 2.13. The maximum Gasteiger partial charge on any atom is 0.141 e. The number of hydrogen-bond acceptors (Lipinski definition) is 3. The van der Waals surface area contributed by atoms with E-state index in [2.05, 4.69) is 38.0 Å². The van der Waals surface area contributed by atoms with Crippen LogP contribution in [0.4, 0.5) is 0 Å². The zero-order valence-electron chi connectivity index (χ0n) is 13.0. The highest BCUT2D eigenvalue weighted by atomic mass is 16.5. The van der Waals surface area contributed by atoms with Crippen molar-refractivity contribution in [2.45, 2.75) is 66.0 Å². The Labute approximate surface area is 117 Å². The van der Waals surface area contributed by atoms with Gasteiger partial charge in [-0.1, -0.05) is 20.8 Å². The molecule has 0 aromatic carbocycles. The molecule has 1 N–H and O–H groups in total. The summed E-state index contributed by atoms with van der Waals surface area (Å²) in [7, 11) is 0. The van der Waals surface area contributed by atoms with Gasteiger partial charge in [0.25, 0.3) is 0 Å². The standard InChI is InChI=1S/C16H28N2O/c1-6-14(7-2)17-11-13(5)19-16-10-9-12(4)18-15(16)8-3/h9-10,13-14,17H,6-8,11H2,1-5H3. The average Bonchev–Trinajstić information content (AvgIpc) is 2.42. The predicted molar refractivity (Wildman–Crippen MR) is 80.8 cm³/mol. The molecule has 1 aromatic heterocycles. The van der Waals surface area contributed by atoms with Crippen molar-refractivity contribution in [1.82, 2.24) is 10.3 Å². The van der Waals surface area contributed by atoms with E-state index in [-0.39, 0.29) is 6.10 Å². The summed E-state index contributed by atoms with van der Waals surface area (Å²) in [6.07, 6.45) is 3.39. The first-order valence-electron chi connectivity index (χ1n) is 7.47. The van der Waals surface area contributed by atoms with Gasteiger partial charge in [-0.25, -0.2) is 0 Å². The molecule has 0 bridgehead atoms. The lowest BCUT2D eigenvalue weighted by molar-refractivity contribution is 0.207. The lowest BCUT2D eigenvalue weighted by atomic mass is 10.1. The molecule has 108 valence electrons. The zero-order valence-corrected chi connectivity index (χ0v) is 13.0. The van der Waals surface area contributed by atoms with Gasteiger partial charge in [0.1, 0.15) is 11.9 Å². The van der Waals surface area contributed by atoms with E-state index in [0.29, 0.717) is 6.04 Å². The molecule has 0 aliphatic carbocycles. The molecule has 1 atom stereocenters. The van der Waals surface area contributed by atoms with Gasteiger partial charge in [0, 0.05) is 18.3 Å². The summed E-state index contributed by atoms with van der Waals surface area (Å²) < 4.78 is 6.01. The molecular weight excluding hydrogens is 236 g/mol. The molecule has 1 aromatic rings. The first-order chi connectivity index (χ1) is 9.10. The van der Waals surface area contributed by atoms with Gasteiger partial charge in [-0.2, -0.15) is 0 Å². The van der Waals surface area contributed by atoms with Crippen molar-refractivity contribution in [3.8, 4) is 5.75 Å². The number of nitrogens with zero attached hydrogens (tertiary/aromatic N) is 1. The minimum absolute atomic E-state index is 0.162. The minimum Gasteiger partial charge on any atom is -0.487 e. The van der Waals surface area contributed by atoms with Crippen LogP contribution >= 0.6 is 0 Å². The van der Waals surface area contributed by atoms with E-state index in [4.69, 9.17) is 4.74 Å². The van der Waals surface area contributed by atoms with E-state index in [1.165, 1.54) is 0 Å². The van der Waals surface area contributed by atoms with E-state index in [0.717, 1.165) is 42.9 Å². The van der Waals surface area contributed by atoms with Crippen molar-refractivity contribution in [2.75, 3.05) is 6.54 Å². The monoisotopic (exact) mass is 264 g/mol. The minimum atomic E-state index is 0.162. The lowest BCUT2D eigenvalue weighted by Crippen LogP contribution is -2.36. The molecule has 0 saturated heterocycles. The van der Waals surface area contributed by atoms with Crippen LogP contribution in [0.3, 0.4) is 0 Å². The third-order valence-corrected chi connectivity index (χ3v) is 3.41. The van der Waals surface area contributed by atoms with Crippen LogP contribution < -0.4 is 10.1 Å². The fourth-order valence-corrected chi connectivity index (χ4v) is 2.13. The van der Waals surface area contributed by atoms with Crippen molar-refractivity contribution < 1.29 is 4.74 Å². The molecule has 0 fully saturated rings. The summed E-state index contributed by atoms with van der Waals surface area (Å²) in [6, 6.07) is 4.64. The third-order valence-electron chi connectivity index (χ3n) is 3.41. The summed E-state index contributed by atoms with van der Waals surface area (Å²) in [5, 5.41) is 3.54. The van der Waals surface area contributed by atoms with Crippen LogP contribution in [-0.4, -0.2) is 23.7 Å². The second kappa shape index (κ2) is 8.16. The Balaban J connectivity index is 2.54. The zero-order chi connectivity index (χ0) is 14.3. The van der Waals surface area contributed by atoms with Crippen molar-refractivity contribution in [1.29, 1.82) is 0 Å². The Morgan fingerprint density at radius 1 is 1.21 bits per heavy atom. The summed E-state index contributed by atoms with van der Waals surface area (Å²) in [6.45, 7) is 11.5. The quantitative estimate of drug-likeness (QED) is 0.780. The van der Waals surface area contributed by atoms with Crippen LogP contribution in [0.1, 0.15) is 51.9 Å². The van der Waals surface area contributed by atoms with Crippen molar-refractivity contribution in [2.24, 2.45) is 0 Å². The van der Waals surface area contributed by atoms with Gasteiger partial charge in [0.2, 0.25) is 0 Å². The SMILES string of the molecule is CCc1nc(C)ccc1OC(C)CNC(CC)CC. The summed E-state index contributed by atoms with van der Waals surface area (Å²) in [5.41, 5.74) is 2.10. The largest absolute Gasteiger partial charge is 0.487 e. The van der Waals surface area contributed by atoms with Gasteiger partial charge in [0.05, 0.1) is 5.69 Å². The molecule has 0 amide bonds. The van der Waals surface area contributed by atoms with E-state index >= 15 is 0 Å². The number of nitrogens with one attached hydrogen (secondary N) is 1. The van der Waals surface area contributed by atoms with Crippen LogP contribution in [-0.2, 0) is 6.42 Å². The molecule has 1 rings (SSSR count). The highest BCUT2D eigenvalue weighted by Crippen LogP contribution is 2.18.